The van der Waals surface area contributed by atoms with Crippen LogP contribution < -0.4 is 5.43 Å². The van der Waals surface area contributed by atoms with E-state index >= 15 is 0 Å². The molecule has 0 atom stereocenters. The molecule has 1 amide bonds. The third-order valence-electron chi connectivity index (χ3n) is 2.76. The Hall–Kier alpha value is -2.88. The first kappa shape index (κ1) is 14.5. The number of phenols is 1. The zero-order valence-electron chi connectivity index (χ0n) is 11.7. The Labute approximate surface area is 123 Å². The van der Waals surface area contributed by atoms with Crippen LogP contribution in [0.15, 0.2) is 65.3 Å². The van der Waals surface area contributed by atoms with Crippen molar-refractivity contribution in [3.63, 3.8) is 0 Å². The lowest BCUT2D eigenvalue weighted by atomic mass is 10.1. The quantitative estimate of drug-likeness (QED) is 0.667. The minimum Gasteiger partial charge on any atom is -0.508 e. The van der Waals surface area contributed by atoms with Crippen LogP contribution >= 0.6 is 0 Å². The Morgan fingerprint density at radius 1 is 1.10 bits per heavy atom. The van der Waals surface area contributed by atoms with E-state index in [1.807, 2.05) is 43.3 Å². The van der Waals surface area contributed by atoms with Gasteiger partial charge in [-0.3, -0.25) is 4.79 Å². The molecule has 4 nitrogen and oxygen atoms in total. The molecule has 2 N–H and O–H groups in total. The molecule has 106 valence electrons. The Kier molecular flexibility index (Phi) is 4.88. The molecule has 2 aromatic carbocycles. The molecule has 21 heavy (non-hydrogen) atoms. The molecule has 0 bridgehead atoms. The molecule has 2 aromatic rings. The summed E-state index contributed by atoms with van der Waals surface area (Å²) in [4.78, 5) is 11.8. The van der Waals surface area contributed by atoms with Crippen molar-refractivity contribution in [1.82, 2.24) is 5.43 Å². The van der Waals surface area contributed by atoms with Crippen LogP contribution in [-0.4, -0.2) is 17.2 Å². The van der Waals surface area contributed by atoms with E-state index in [9.17, 15) is 4.79 Å². The maximum Gasteiger partial charge on any atom is 0.271 e. The van der Waals surface area contributed by atoms with Crippen LogP contribution in [0, 0.1) is 0 Å². The summed E-state index contributed by atoms with van der Waals surface area (Å²) in [5, 5.41) is 13.1. The van der Waals surface area contributed by atoms with E-state index in [0.29, 0.717) is 5.56 Å². The molecular formula is C17H16N2O2. The van der Waals surface area contributed by atoms with E-state index < -0.39 is 0 Å². The van der Waals surface area contributed by atoms with Crippen LogP contribution in [0.25, 0.3) is 6.08 Å². The first-order chi connectivity index (χ1) is 10.1. The number of hydrazone groups is 1. The van der Waals surface area contributed by atoms with Gasteiger partial charge < -0.3 is 5.11 Å². The van der Waals surface area contributed by atoms with Crippen LogP contribution in [0.5, 0.6) is 5.75 Å². The third kappa shape index (κ3) is 4.62. The predicted octanol–water partition coefficient (Wildman–Crippen LogP) is 3.21. The average molecular weight is 280 g/mol. The minimum atomic E-state index is -0.321. The number of amides is 1. The first-order valence-electron chi connectivity index (χ1n) is 6.51. The fraction of sp³-hybridized carbons (Fsp3) is 0.0588. The summed E-state index contributed by atoms with van der Waals surface area (Å²) in [6.45, 7) is 1.91. The maximum atomic E-state index is 11.8. The second kappa shape index (κ2) is 7.05. The number of nitrogens with one attached hydrogen (secondary N) is 1. The molecule has 0 aromatic heterocycles. The number of allylic oxidation sites excluding steroid dienone is 1. The summed E-state index contributed by atoms with van der Waals surface area (Å²) in [6, 6.07) is 15.8. The van der Waals surface area contributed by atoms with Crippen molar-refractivity contribution in [2.45, 2.75) is 6.92 Å². The lowest BCUT2D eigenvalue weighted by Gasteiger charge is -2.00. The van der Waals surface area contributed by atoms with Gasteiger partial charge in [0.05, 0.1) is 6.21 Å². The van der Waals surface area contributed by atoms with Gasteiger partial charge >= 0.3 is 0 Å². The highest BCUT2D eigenvalue weighted by Crippen LogP contribution is 2.09. The normalized spacial score (nSPS) is 11.6. The molecule has 0 aliphatic rings. The van der Waals surface area contributed by atoms with E-state index in [2.05, 4.69) is 10.5 Å². The zero-order valence-corrected chi connectivity index (χ0v) is 11.7. The molecule has 0 aliphatic heterocycles. The number of hydrogen-bond acceptors (Lipinski definition) is 3. The van der Waals surface area contributed by atoms with Gasteiger partial charge in [0.1, 0.15) is 5.75 Å². The standard InChI is InChI=1S/C17H16N2O2/c1-13(11-14-5-3-2-4-6-14)12-18-19-17(21)15-7-9-16(20)10-8-15/h2-12,20H,1H3,(H,19,21)/b13-11-,18-12+. The van der Waals surface area contributed by atoms with Gasteiger partial charge in [-0.25, -0.2) is 5.43 Å². The summed E-state index contributed by atoms with van der Waals surface area (Å²) in [5.41, 5.74) is 4.88. The predicted molar refractivity (Wildman–Crippen MR) is 84.2 cm³/mol. The number of hydrogen-bond donors (Lipinski definition) is 2. The molecule has 0 spiro atoms. The van der Waals surface area contributed by atoms with E-state index in [0.717, 1.165) is 11.1 Å². The third-order valence-corrected chi connectivity index (χ3v) is 2.76. The molecule has 0 aliphatic carbocycles. The lowest BCUT2D eigenvalue weighted by molar-refractivity contribution is 0.0955. The van der Waals surface area contributed by atoms with Gasteiger partial charge in [0.2, 0.25) is 0 Å². The molecule has 2 rings (SSSR count). The van der Waals surface area contributed by atoms with Crippen LogP contribution in [0.3, 0.4) is 0 Å². The lowest BCUT2D eigenvalue weighted by Crippen LogP contribution is -2.17. The number of rotatable bonds is 4. The van der Waals surface area contributed by atoms with E-state index in [4.69, 9.17) is 5.11 Å². The Balaban J connectivity index is 1.94. The van der Waals surface area contributed by atoms with Crippen LogP contribution in [0.4, 0.5) is 0 Å². The Bertz CT molecular complexity index is 659. The van der Waals surface area contributed by atoms with E-state index in [1.165, 1.54) is 24.3 Å². The number of phenolic OH excluding ortho intramolecular Hbond substituents is 1. The Morgan fingerprint density at radius 2 is 1.76 bits per heavy atom. The topological polar surface area (TPSA) is 61.7 Å². The number of nitrogens with zero attached hydrogens (tertiary/aromatic N) is 1. The van der Waals surface area contributed by atoms with Crippen molar-refractivity contribution in [1.29, 1.82) is 0 Å². The Morgan fingerprint density at radius 3 is 2.43 bits per heavy atom. The molecule has 0 heterocycles. The average Bonchev–Trinajstić information content (AvgIpc) is 2.49. The summed E-state index contributed by atoms with van der Waals surface area (Å²) in [5.74, 6) is -0.199. The molecule has 0 saturated carbocycles. The highest BCUT2D eigenvalue weighted by molar-refractivity contribution is 5.95. The van der Waals surface area contributed by atoms with Crippen molar-refractivity contribution >= 4 is 18.2 Å². The van der Waals surface area contributed by atoms with Gasteiger partial charge in [-0.1, -0.05) is 36.4 Å². The summed E-state index contributed by atoms with van der Waals surface area (Å²) >= 11 is 0. The second-order valence-electron chi connectivity index (χ2n) is 4.55. The summed E-state index contributed by atoms with van der Waals surface area (Å²) in [6.07, 6.45) is 3.56. The smallest absolute Gasteiger partial charge is 0.271 e. The highest BCUT2D eigenvalue weighted by Gasteiger charge is 2.02. The molecular weight excluding hydrogens is 264 g/mol. The fourth-order valence-corrected chi connectivity index (χ4v) is 1.72. The van der Waals surface area contributed by atoms with Gasteiger partial charge in [0.15, 0.2) is 0 Å². The molecule has 0 saturated heterocycles. The van der Waals surface area contributed by atoms with Gasteiger partial charge in [-0.2, -0.15) is 5.10 Å². The molecule has 0 radical (unpaired) electrons. The van der Waals surface area contributed by atoms with Gasteiger partial charge in [0, 0.05) is 5.56 Å². The highest BCUT2D eigenvalue weighted by atomic mass is 16.3. The maximum absolute atomic E-state index is 11.8. The monoisotopic (exact) mass is 280 g/mol. The van der Waals surface area contributed by atoms with Gasteiger partial charge in [0.25, 0.3) is 5.91 Å². The fourth-order valence-electron chi connectivity index (χ4n) is 1.72. The van der Waals surface area contributed by atoms with E-state index in [-0.39, 0.29) is 11.7 Å². The van der Waals surface area contributed by atoms with Crippen molar-refractivity contribution in [3.05, 3.63) is 71.3 Å². The summed E-state index contributed by atoms with van der Waals surface area (Å²) < 4.78 is 0. The number of carbonyl (C=O) groups excluding carboxylic acids is 1. The second-order valence-corrected chi connectivity index (χ2v) is 4.55. The number of carbonyl (C=O) groups is 1. The van der Waals surface area contributed by atoms with Crippen LogP contribution in [-0.2, 0) is 0 Å². The van der Waals surface area contributed by atoms with Crippen LogP contribution in [0.1, 0.15) is 22.8 Å². The number of aromatic hydroxyl groups is 1. The molecule has 0 unspecified atom stereocenters. The van der Waals surface area contributed by atoms with Crippen LogP contribution in [0.2, 0.25) is 0 Å². The largest absolute Gasteiger partial charge is 0.508 e. The van der Waals surface area contributed by atoms with Crippen molar-refractivity contribution in [2.24, 2.45) is 5.10 Å². The molecule has 4 heteroatoms. The molecule has 0 fully saturated rings. The first-order valence-corrected chi connectivity index (χ1v) is 6.51. The van der Waals surface area contributed by atoms with Gasteiger partial charge in [-0.15, -0.1) is 0 Å². The SMILES string of the molecule is CC(=C/c1ccccc1)/C=N/NC(=O)c1ccc(O)cc1. The number of benzene rings is 2. The zero-order chi connectivity index (χ0) is 15.1. The van der Waals surface area contributed by atoms with Crippen molar-refractivity contribution < 1.29 is 9.90 Å². The van der Waals surface area contributed by atoms with E-state index in [1.54, 1.807) is 6.21 Å². The van der Waals surface area contributed by atoms with Crippen molar-refractivity contribution in [2.75, 3.05) is 0 Å². The minimum absolute atomic E-state index is 0.122. The van der Waals surface area contributed by atoms with Crippen molar-refractivity contribution in [3.8, 4) is 5.75 Å². The summed E-state index contributed by atoms with van der Waals surface area (Å²) in [7, 11) is 0. The van der Waals surface area contributed by atoms with Gasteiger partial charge in [-0.05, 0) is 42.3 Å².